The van der Waals surface area contributed by atoms with E-state index in [-0.39, 0.29) is 34.0 Å². The Hall–Kier alpha value is -3.38. The largest absolute Gasteiger partial charge is 0.422 e. The molecule has 0 amide bonds. The monoisotopic (exact) mass is 414 g/mol. The minimum atomic E-state index is -0.747. The molecule has 2 rings (SSSR count). The van der Waals surface area contributed by atoms with Gasteiger partial charge in [-0.05, 0) is 39.0 Å². The van der Waals surface area contributed by atoms with Crippen LogP contribution >= 0.6 is 11.6 Å². The standard InChI is InChI=1S/C22H19ClO6/c1-11(2)20(24)27-17-10-18(28-21(25)12(3)4)19(29-22(26)13(5)6)15-8-7-14(23)9-16(15)17/h7-10H,1,3,5H2,2,4,6H3. The van der Waals surface area contributed by atoms with Crippen LogP contribution in [-0.2, 0) is 14.4 Å². The summed E-state index contributed by atoms with van der Waals surface area (Å²) in [5.74, 6) is -2.28. The fraction of sp³-hybridized carbons (Fsp3) is 0.136. The summed E-state index contributed by atoms with van der Waals surface area (Å²) in [5, 5.41) is 1.06. The Morgan fingerprint density at radius 2 is 1.21 bits per heavy atom. The lowest BCUT2D eigenvalue weighted by Crippen LogP contribution is -2.14. The molecule has 0 unspecified atom stereocenters. The lowest BCUT2D eigenvalue weighted by Gasteiger charge is -2.16. The Morgan fingerprint density at radius 1 is 0.724 bits per heavy atom. The van der Waals surface area contributed by atoms with Crippen molar-refractivity contribution in [3.8, 4) is 17.2 Å². The molecule has 0 aliphatic carbocycles. The summed E-state index contributed by atoms with van der Waals surface area (Å²) in [4.78, 5) is 36.3. The van der Waals surface area contributed by atoms with E-state index in [9.17, 15) is 14.4 Å². The number of carbonyl (C=O) groups excluding carboxylic acids is 3. The normalized spacial score (nSPS) is 10.2. The first-order valence-corrected chi connectivity index (χ1v) is 8.78. The van der Waals surface area contributed by atoms with Crippen LogP contribution in [0.2, 0.25) is 5.02 Å². The van der Waals surface area contributed by atoms with Gasteiger partial charge in [0.15, 0.2) is 11.5 Å². The molecule has 0 aliphatic heterocycles. The molecule has 0 radical (unpaired) electrons. The van der Waals surface area contributed by atoms with Gasteiger partial charge in [0.05, 0.1) is 0 Å². The number of benzene rings is 2. The van der Waals surface area contributed by atoms with Crippen LogP contribution in [-0.4, -0.2) is 17.9 Å². The SMILES string of the molecule is C=C(C)C(=O)Oc1cc(OC(=O)C(=C)C)c2cc(Cl)ccc2c1OC(=O)C(=C)C. The van der Waals surface area contributed by atoms with Crippen molar-refractivity contribution < 1.29 is 28.6 Å². The molecule has 7 heteroatoms. The van der Waals surface area contributed by atoms with Gasteiger partial charge >= 0.3 is 17.9 Å². The molecule has 0 aromatic heterocycles. The van der Waals surface area contributed by atoms with E-state index < -0.39 is 17.9 Å². The van der Waals surface area contributed by atoms with Crippen LogP contribution in [0.3, 0.4) is 0 Å². The van der Waals surface area contributed by atoms with Crippen molar-refractivity contribution in [1.29, 1.82) is 0 Å². The van der Waals surface area contributed by atoms with Gasteiger partial charge in [0.2, 0.25) is 0 Å². The Balaban J connectivity index is 2.78. The zero-order valence-corrected chi connectivity index (χ0v) is 17.0. The highest BCUT2D eigenvalue weighted by atomic mass is 35.5. The molecule has 0 heterocycles. The van der Waals surface area contributed by atoms with Crippen LogP contribution in [0, 0.1) is 0 Å². The van der Waals surface area contributed by atoms with E-state index in [1.807, 2.05) is 0 Å². The highest BCUT2D eigenvalue weighted by molar-refractivity contribution is 6.31. The van der Waals surface area contributed by atoms with Gasteiger partial charge in [0.25, 0.3) is 0 Å². The van der Waals surface area contributed by atoms with Crippen molar-refractivity contribution in [2.45, 2.75) is 20.8 Å². The van der Waals surface area contributed by atoms with Crippen molar-refractivity contribution in [2.24, 2.45) is 0 Å². The summed E-state index contributed by atoms with van der Waals surface area (Å²) in [5.41, 5.74) is 0.430. The van der Waals surface area contributed by atoms with Crippen LogP contribution in [0.4, 0.5) is 0 Å². The number of esters is 3. The maximum atomic E-state index is 12.1. The maximum Gasteiger partial charge on any atom is 0.338 e. The van der Waals surface area contributed by atoms with Gasteiger partial charge in [0, 0.05) is 38.6 Å². The van der Waals surface area contributed by atoms with E-state index in [4.69, 9.17) is 25.8 Å². The fourth-order valence-electron chi connectivity index (χ4n) is 2.13. The Morgan fingerprint density at radius 3 is 1.72 bits per heavy atom. The van der Waals surface area contributed by atoms with Gasteiger partial charge in [-0.3, -0.25) is 0 Å². The molecule has 0 fully saturated rings. The second kappa shape index (κ2) is 8.75. The predicted octanol–water partition coefficient (Wildman–Crippen LogP) is 4.94. The number of carbonyl (C=O) groups is 3. The van der Waals surface area contributed by atoms with Gasteiger partial charge in [-0.1, -0.05) is 31.3 Å². The Kier molecular flexibility index (Phi) is 6.61. The number of fused-ring (bicyclic) bond motifs is 1. The molecule has 0 atom stereocenters. The number of hydrogen-bond donors (Lipinski definition) is 0. The van der Waals surface area contributed by atoms with Crippen molar-refractivity contribution in [1.82, 2.24) is 0 Å². The molecule has 0 saturated heterocycles. The van der Waals surface area contributed by atoms with Crippen LogP contribution in [0.25, 0.3) is 10.8 Å². The third kappa shape index (κ3) is 5.12. The molecule has 2 aromatic rings. The average molecular weight is 415 g/mol. The highest BCUT2D eigenvalue weighted by Crippen LogP contribution is 2.43. The minimum Gasteiger partial charge on any atom is -0.422 e. The van der Waals surface area contributed by atoms with Gasteiger partial charge in [0.1, 0.15) is 5.75 Å². The lowest BCUT2D eigenvalue weighted by atomic mass is 10.1. The van der Waals surface area contributed by atoms with Crippen LogP contribution in [0.5, 0.6) is 17.2 Å². The number of ether oxygens (including phenoxy) is 3. The Bertz CT molecular complexity index is 1080. The quantitative estimate of drug-likeness (QED) is 0.378. The Labute approximate surface area is 173 Å². The van der Waals surface area contributed by atoms with Crippen LogP contribution < -0.4 is 14.2 Å². The fourth-order valence-corrected chi connectivity index (χ4v) is 2.30. The molecule has 0 aliphatic rings. The van der Waals surface area contributed by atoms with Crippen LogP contribution in [0.1, 0.15) is 20.8 Å². The molecule has 2 aromatic carbocycles. The lowest BCUT2D eigenvalue weighted by molar-refractivity contribution is -0.132. The molecular weight excluding hydrogens is 396 g/mol. The zero-order chi connectivity index (χ0) is 21.9. The van der Waals surface area contributed by atoms with Gasteiger partial charge in [-0.15, -0.1) is 0 Å². The summed E-state index contributed by atoms with van der Waals surface area (Å²) >= 11 is 6.09. The molecule has 150 valence electrons. The van der Waals surface area contributed by atoms with Gasteiger partial charge < -0.3 is 14.2 Å². The highest BCUT2D eigenvalue weighted by Gasteiger charge is 2.22. The van der Waals surface area contributed by atoms with E-state index in [1.54, 1.807) is 12.1 Å². The van der Waals surface area contributed by atoms with Crippen LogP contribution in [0.15, 0.2) is 60.7 Å². The van der Waals surface area contributed by atoms with E-state index >= 15 is 0 Å². The zero-order valence-electron chi connectivity index (χ0n) is 16.3. The van der Waals surface area contributed by atoms with Crippen molar-refractivity contribution in [3.63, 3.8) is 0 Å². The summed E-state index contributed by atoms with van der Waals surface area (Å²) in [6, 6.07) is 5.90. The van der Waals surface area contributed by atoms with Crippen molar-refractivity contribution in [2.75, 3.05) is 0 Å². The first-order valence-electron chi connectivity index (χ1n) is 8.40. The number of hydrogen-bond acceptors (Lipinski definition) is 6. The molecule has 29 heavy (non-hydrogen) atoms. The topological polar surface area (TPSA) is 78.9 Å². The van der Waals surface area contributed by atoms with Gasteiger partial charge in [-0.2, -0.15) is 0 Å². The maximum absolute atomic E-state index is 12.1. The second-order valence-corrected chi connectivity index (χ2v) is 6.84. The van der Waals surface area contributed by atoms with Crippen molar-refractivity contribution >= 4 is 40.3 Å². The van der Waals surface area contributed by atoms with Gasteiger partial charge in [-0.25, -0.2) is 14.4 Å². The van der Waals surface area contributed by atoms with E-state index in [2.05, 4.69) is 19.7 Å². The third-order valence-corrected chi connectivity index (χ3v) is 3.86. The molecule has 6 nitrogen and oxygen atoms in total. The first-order chi connectivity index (χ1) is 13.5. The number of rotatable bonds is 6. The predicted molar refractivity (Wildman–Crippen MR) is 110 cm³/mol. The second-order valence-electron chi connectivity index (χ2n) is 6.40. The van der Waals surface area contributed by atoms with E-state index in [0.717, 1.165) is 0 Å². The molecule has 0 spiro atoms. The summed E-state index contributed by atoms with van der Waals surface area (Å²) in [7, 11) is 0. The number of halogens is 1. The molecule has 0 saturated carbocycles. The third-order valence-electron chi connectivity index (χ3n) is 3.62. The first kappa shape index (κ1) is 21.9. The van der Waals surface area contributed by atoms with E-state index in [0.29, 0.717) is 15.8 Å². The molecule has 0 bridgehead atoms. The summed E-state index contributed by atoms with van der Waals surface area (Å²) in [6.07, 6.45) is 0. The molecular formula is C22H19ClO6. The summed E-state index contributed by atoms with van der Waals surface area (Å²) in [6.45, 7) is 15.0. The molecule has 0 N–H and O–H groups in total. The van der Waals surface area contributed by atoms with Crippen molar-refractivity contribution in [3.05, 3.63) is 65.7 Å². The van der Waals surface area contributed by atoms with E-state index in [1.165, 1.54) is 32.9 Å². The summed E-state index contributed by atoms with van der Waals surface area (Å²) < 4.78 is 16.1. The minimum absolute atomic E-state index is 0.0469. The average Bonchev–Trinajstić information content (AvgIpc) is 2.63. The smallest absolute Gasteiger partial charge is 0.338 e.